The van der Waals surface area contributed by atoms with Gasteiger partial charge in [-0.3, -0.25) is 4.79 Å². The predicted molar refractivity (Wildman–Crippen MR) is 92.0 cm³/mol. The first kappa shape index (κ1) is 16.5. The number of carbonyl (C=O) groups excluding carboxylic acids is 1. The predicted octanol–water partition coefficient (Wildman–Crippen LogP) is 3.77. The molecule has 3 heterocycles. The highest BCUT2D eigenvalue weighted by molar-refractivity contribution is 6.33. The Morgan fingerprint density at radius 3 is 2.84 bits per heavy atom. The van der Waals surface area contributed by atoms with E-state index in [-0.39, 0.29) is 17.0 Å². The fourth-order valence-corrected chi connectivity index (χ4v) is 4.09. The third-order valence-electron chi connectivity index (χ3n) is 5.11. The largest absolute Gasteiger partial charge is 0.328 e. The van der Waals surface area contributed by atoms with Crippen molar-refractivity contribution in [2.45, 2.75) is 51.1 Å². The average Bonchev–Trinajstić information content (AvgIpc) is 3.05. The summed E-state index contributed by atoms with van der Waals surface area (Å²) in [5.74, 6) is 1.28. The zero-order valence-electron chi connectivity index (χ0n) is 13.9. The Labute approximate surface area is 150 Å². The lowest BCUT2D eigenvalue weighted by Crippen LogP contribution is -2.40. The first-order valence-electron chi connectivity index (χ1n) is 8.83. The molecule has 0 saturated carbocycles. The summed E-state index contributed by atoms with van der Waals surface area (Å²) in [5.41, 5.74) is 0.341. The lowest BCUT2D eigenvalue weighted by molar-refractivity contribution is 0.0593. The summed E-state index contributed by atoms with van der Waals surface area (Å²) >= 11 is 6.11. The number of carbonyl (C=O) groups is 1. The quantitative estimate of drug-likeness (QED) is 0.817. The van der Waals surface area contributed by atoms with Crippen LogP contribution in [0.5, 0.6) is 0 Å². The molecule has 5 nitrogen and oxygen atoms in total. The van der Waals surface area contributed by atoms with E-state index in [9.17, 15) is 9.18 Å². The van der Waals surface area contributed by atoms with E-state index < -0.39 is 5.82 Å². The van der Waals surface area contributed by atoms with Gasteiger partial charge in [0.05, 0.1) is 16.6 Å². The van der Waals surface area contributed by atoms with Crippen molar-refractivity contribution in [1.82, 2.24) is 19.7 Å². The van der Waals surface area contributed by atoms with Crippen LogP contribution >= 0.6 is 11.6 Å². The molecule has 2 aromatic rings. The maximum absolute atomic E-state index is 13.3. The molecule has 1 amide bonds. The van der Waals surface area contributed by atoms with Crippen LogP contribution in [0.4, 0.5) is 4.39 Å². The number of piperidine rings is 1. The number of aromatic nitrogens is 3. The molecule has 1 aromatic carbocycles. The number of benzene rings is 1. The van der Waals surface area contributed by atoms with Gasteiger partial charge >= 0.3 is 0 Å². The molecule has 2 aliphatic heterocycles. The van der Waals surface area contributed by atoms with Crippen molar-refractivity contribution in [2.75, 3.05) is 6.54 Å². The summed E-state index contributed by atoms with van der Waals surface area (Å²) in [5, 5.41) is 8.89. The molecule has 7 heteroatoms. The molecule has 0 radical (unpaired) electrons. The van der Waals surface area contributed by atoms with Gasteiger partial charge in [-0.05, 0) is 50.3 Å². The highest BCUT2D eigenvalue weighted by Crippen LogP contribution is 2.33. The second kappa shape index (κ2) is 6.75. The Balaban J connectivity index is 1.67. The van der Waals surface area contributed by atoms with Gasteiger partial charge in [-0.25, -0.2) is 4.39 Å². The molecule has 1 aromatic heterocycles. The number of fused-ring (bicyclic) bond motifs is 1. The highest BCUT2D eigenvalue weighted by Gasteiger charge is 2.34. The molecular formula is C18H20ClFN4O. The van der Waals surface area contributed by atoms with E-state index in [1.807, 2.05) is 4.90 Å². The van der Waals surface area contributed by atoms with Gasteiger partial charge in [-0.15, -0.1) is 10.2 Å². The Kier molecular flexibility index (Phi) is 4.46. The SMILES string of the molecule is O=C(c1ccc(F)cc1Cl)N1CCCC[C@@H]1c1nnc2n1CCCC2. The Morgan fingerprint density at radius 2 is 2.00 bits per heavy atom. The number of halogens is 2. The number of hydrogen-bond acceptors (Lipinski definition) is 3. The van der Waals surface area contributed by atoms with Crippen molar-refractivity contribution >= 4 is 17.5 Å². The zero-order chi connectivity index (χ0) is 17.4. The van der Waals surface area contributed by atoms with E-state index in [1.54, 1.807) is 0 Å². The number of likely N-dealkylation sites (tertiary alicyclic amines) is 1. The van der Waals surface area contributed by atoms with Crippen molar-refractivity contribution < 1.29 is 9.18 Å². The van der Waals surface area contributed by atoms with Crippen LogP contribution in [0.2, 0.25) is 5.02 Å². The lowest BCUT2D eigenvalue weighted by Gasteiger charge is -2.35. The molecule has 1 saturated heterocycles. The minimum absolute atomic E-state index is 0.0956. The second-order valence-electron chi connectivity index (χ2n) is 6.72. The molecular weight excluding hydrogens is 343 g/mol. The molecule has 0 bridgehead atoms. The van der Waals surface area contributed by atoms with Gasteiger partial charge in [0.25, 0.3) is 5.91 Å². The van der Waals surface area contributed by atoms with Crippen LogP contribution in [-0.2, 0) is 13.0 Å². The molecule has 4 rings (SSSR count). The lowest BCUT2D eigenvalue weighted by atomic mass is 9.99. The first-order valence-corrected chi connectivity index (χ1v) is 9.21. The van der Waals surface area contributed by atoms with Crippen molar-refractivity contribution in [3.05, 3.63) is 46.3 Å². The molecule has 0 aliphatic carbocycles. The van der Waals surface area contributed by atoms with Crippen LogP contribution in [0.25, 0.3) is 0 Å². The number of amides is 1. The van der Waals surface area contributed by atoms with Crippen LogP contribution in [0.15, 0.2) is 18.2 Å². The minimum Gasteiger partial charge on any atom is -0.328 e. The van der Waals surface area contributed by atoms with Gasteiger partial charge in [0.2, 0.25) is 0 Å². The molecule has 132 valence electrons. The van der Waals surface area contributed by atoms with E-state index in [1.165, 1.54) is 18.2 Å². The van der Waals surface area contributed by atoms with Crippen LogP contribution < -0.4 is 0 Å². The van der Waals surface area contributed by atoms with Gasteiger partial charge < -0.3 is 9.47 Å². The Bertz CT molecular complexity index is 806. The molecule has 0 N–H and O–H groups in total. The summed E-state index contributed by atoms with van der Waals surface area (Å²) < 4.78 is 15.5. The molecule has 25 heavy (non-hydrogen) atoms. The van der Waals surface area contributed by atoms with E-state index in [0.29, 0.717) is 12.1 Å². The topological polar surface area (TPSA) is 51.0 Å². The van der Waals surface area contributed by atoms with Gasteiger partial charge in [0.15, 0.2) is 5.82 Å². The van der Waals surface area contributed by atoms with E-state index in [4.69, 9.17) is 11.6 Å². The number of nitrogens with zero attached hydrogens (tertiary/aromatic N) is 4. The number of aryl methyl sites for hydroxylation is 1. The second-order valence-corrected chi connectivity index (χ2v) is 7.12. The van der Waals surface area contributed by atoms with Crippen LogP contribution in [-0.4, -0.2) is 32.1 Å². The van der Waals surface area contributed by atoms with Crippen LogP contribution in [0, 0.1) is 5.82 Å². The van der Waals surface area contributed by atoms with Gasteiger partial charge in [-0.2, -0.15) is 0 Å². The monoisotopic (exact) mass is 362 g/mol. The van der Waals surface area contributed by atoms with E-state index in [2.05, 4.69) is 14.8 Å². The summed E-state index contributed by atoms with van der Waals surface area (Å²) in [6, 6.07) is 3.83. The summed E-state index contributed by atoms with van der Waals surface area (Å²) in [4.78, 5) is 14.9. The number of hydrogen-bond donors (Lipinski definition) is 0. The molecule has 1 fully saturated rings. The maximum Gasteiger partial charge on any atom is 0.255 e. The van der Waals surface area contributed by atoms with Gasteiger partial charge in [-0.1, -0.05) is 11.6 Å². The van der Waals surface area contributed by atoms with Crippen LogP contribution in [0.1, 0.15) is 60.2 Å². The fraction of sp³-hybridized carbons (Fsp3) is 0.500. The van der Waals surface area contributed by atoms with Crippen molar-refractivity contribution in [3.8, 4) is 0 Å². The van der Waals surface area contributed by atoms with Crippen molar-refractivity contribution in [3.63, 3.8) is 0 Å². The number of rotatable bonds is 2. The van der Waals surface area contributed by atoms with E-state index >= 15 is 0 Å². The standard InChI is InChI=1S/C18H20ClFN4O/c19-14-11-12(20)7-8-13(14)18(25)23-9-3-1-5-15(23)17-22-21-16-6-2-4-10-24(16)17/h7-8,11,15H,1-6,9-10H2/t15-/m1/s1. The van der Waals surface area contributed by atoms with Crippen molar-refractivity contribution in [1.29, 1.82) is 0 Å². The summed E-state index contributed by atoms with van der Waals surface area (Å²) in [6.07, 6.45) is 6.05. The maximum atomic E-state index is 13.3. The Morgan fingerprint density at radius 1 is 1.16 bits per heavy atom. The van der Waals surface area contributed by atoms with Crippen molar-refractivity contribution in [2.24, 2.45) is 0 Å². The third-order valence-corrected chi connectivity index (χ3v) is 5.42. The summed E-state index contributed by atoms with van der Waals surface area (Å²) in [7, 11) is 0. The molecule has 2 aliphatic rings. The zero-order valence-corrected chi connectivity index (χ0v) is 14.7. The smallest absolute Gasteiger partial charge is 0.255 e. The molecule has 0 spiro atoms. The van der Waals surface area contributed by atoms with Crippen LogP contribution in [0.3, 0.4) is 0 Å². The highest BCUT2D eigenvalue weighted by atomic mass is 35.5. The van der Waals surface area contributed by atoms with Gasteiger partial charge in [0.1, 0.15) is 11.6 Å². The normalized spacial score (nSPS) is 20.4. The first-order chi connectivity index (χ1) is 12.1. The minimum atomic E-state index is -0.441. The average molecular weight is 363 g/mol. The molecule has 0 unspecified atom stereocenters. The molecule has 1 atom stereocenters. The third kappa shape index (κ3) is 3.03. The van der Waals surface area contributed by atoms with Gasteiger partial charge in [0, 0.05) is 19.5 Å². The van der Waals surface area contributed by atoms with E-state index in [0.717, 1.165) is 56.7 Å². The Hall–Kier alpha value is -1.95. The fourth-order valence-electron chi connectivity index (χ4n) is 3.84. The summed E-state index contributed by atoms with van der Waals surface area (Å²) in [6.45, 7) is 1.56.